The lowest BCUT2D eigenvalue weighted by Crippen LogP contribution is -2.55. The number of likely N-dealkylation sites (N-methyl/N-ethyl adjacent to an activating group) is 1. The molecule has 1 heterocycles. The van der Waals surface area contributed by atoms with Crippen molar-refractivity contribution in [1.29, 1.82) is 0 Å². The van der Waals surface area contributed by atoms with Gasteiger partial charge in [0, 0.05) is 30.2 Å². The third kappa shape index (κ3) is 4.51. The second-order valence-electron chi connectivity index (χ2n) is 9.50. The Kier molecular flexibility index (Phi) is 7.05. The van der Waals surface area contributed by atoms with Crippen LogP contribution in [0.25, 0.3) is 0 Å². The standard InChI is InChI=1S/C27H36N4OS/c1-5-30(17-18-32)22-9-11-23(12-10-22)31-26(33)29-25(27(31)15-13-19(2)14-16-27)28-24-20(3)7-6-8-21(24)4/h6-12,19,32H,5,13-18H2,1-4H3,(H,28,29,33). The van der Waals surface area contributed by atoms with Crippen LogP contribution in [0.15, 0.2) is 47.5 Å². The minimum atomic E-state index is -0.241. The number of aliphatic imine (C=N–C) groups is 1. The van der Waals surface area contributed by atoms with Crippen LogP contribution in [0.5, 0.6) is 0 Å². The molecule has 1 saturated carbocycles. The maximum Gasteiger partial charge on any atom is 0.202 e. The molecule has 0 saturated heterocycles. The minimum Gasteiger partial charge on any atom is -0.395 e. The van der Waals surface area contributed by atoms with Gasteiger partial charge in [-0.3, -0.25) is 0 Å². The van der Waals surface area contributed by atoms with Gasteiger partial charge in [-0.25, -0.2) is 4.99 Å². The molecule has 0 atom stereocenters. The number of nitrogens with one attached hydrogen (secondary N) is 1. The van der Waals surface area contributed by atoms with Crippen LogP contribution in [-0.2, 0) is 0 Å². The molecular weight excluding hydrogens is 428 g/mol. The van der Waals surface area contributed by atoms with E-state index in [0.29, 0.717) is 17.6 Å². The summed E-state index contributed by atoms with van der Waals surface area (Å²) in [5.74, 6) is 1.70. The number of anilines is 3. The maximum absolute atomic E-state index is 9.38. The number of nitrogens with zero attached hydrogens (tertiary/aromatic N) is 3. The molecule has 1 aliphatic carbocycles. The first-order chi connectivity index (χ1) is 15.9. The largest absolute Gasteiger partial charge is 0.395 e. The second kappa shape index (κ2) is 9.82. The molecule has 6 heteroatoms. The summed E-state index contributed by atoms with van der Waals surface area (Å²) < 4.78 is 0. The summed E-state index contributed by atoms with van der Waals surface area (Å²) in [5, 5.41) is 13.7. The van der Waals surface area contributed by atoms with E-state index in [0.717, 1.165) is 55.1 Å². The van der Waals surface area contributed by atoms with Gasteiger partial charge in [0.25, 0.3) is 0 Å². The van der Waals surface area contributed by atoms with Gasteiger partial charge in [-0.2, -0.15) is 0 Å². The Morgan fingerprint density at radius 3 is 2.33 bits per heavy atom. The highest BCUT2D eigenvalue weighted by molar-refractivity contribution is 7.80. The van der Waals surface area contributed by atoms with E-state index in [4.69, 9.17) is 17.2 Å². The smallest absolute Gasteiger partial charge is 0.202 e. The van der Waals surface area contributed by atoms with Crippen LogP contribution in [0.2, 0.25) is 0 Å². The van der Waals surface area contributed by atoms with Crippen LogP contribution in [0, 0.1) is 19.8 Å². The van der Waals surface area contributed by atoms with E-state index >= 15 is 0 Å². The third-order valence-corrected chi connectivity index (χ3v) is 7.59. The number of hydrogen-bond donors (Lipinski definition) is 2. The monoisotopic (exact) mass is 464 g/mol. The molecule has 5 nitrogen and oxygen atoms in total. The molecule has 0 radical (unpaired) electrons. The Morgan fingerprint density at radius 2 is 1.76 bits per heavy atom. The fraction of sp³-hybridized carbons (Fsp3) is 0.481. The van der Waals surface area contributed by atoms with Crippen molar-refractivity contribution >= 4 is 40.2 Å². The molecule has 2 aliphatic rings. The zero-order chi connectivity index (χ0) is 23.6. The number of thiocarbonyl (C=S) groups is 1. The van der Waals surface area contributed by atoms with Crippen molar-refractivity contribution in [1.82, 2.24) is 0 Å². The molecule has 0 aromatic heterocycles. The minimum absolute atomic E-state index is 0.147. The number of aliphatic hydroxyl groups is 1. The number of benzene rings is 2. The number of hydrogen-bond acceptors (Lipinski definition) is 4. The number of para-hydroxylation sites is 1. The highest BCUT2D eigenvalue weighted by atomic mass is 32.1. The Balaban J connectivity index is 1.69. The summed E-state index contributed by atoms with van der Waals surface area (Å²) in [6, 6.07) is 14.9. The molecule has 0 unspecified atom stereocenters. The summed E-state index contributed by atoms with van der Waals surface area (Å²) in [6.45, 7) is 10.4. The van der Waals surface area contributed by atoms with Crippen LogP contribution in [0.3, 0.4) is 0 Å². The predicted octanol–water partition coefficient (Wildman–Crippen LogP) is 5.69. The van der Waals surface area contributed by atoms with Crippen LogP contribution < -0.4 is 15.1 Å². The molecule has 1 aliphatic heterocycles. The van der Waals surface area contributed by atoms with Crippen molar-refractivity contribution in [2.24, 2.45) is 10.9 Å². The molecule has 2 N–H and O–H groups in total. The highest BCUT2D eigenvalue weighted by Crippen LogP contribution is 2.44. The van der Waals surface area contributed by atoms with Crippen molar-refractivity contribution in [2.45, 2.75) is 58.9 Å². The average Bonchev–Trinajstić information content (AvgIpc) is 3.07. The zero-order valence-corrected chi connectivity index (χ0v) is 21.1. The van der Waals surface area contributed by atoms with E-state index in [9.17, 15) is 5.11 Å². The summed E-state index contributed by atoms with van der Waals surface area (Å²) in [7, 11) is 0. The molecule has 0 amide bonds. The van der Waals surface area contributed by atoms with Gasteiger partial charge in [0.05, 0.1) is 6.61 Å². The topological polar surface area (TPSA) is 51.1 Å². The third-order valence-electron chi connectivity index (χ3n) is 7.32. The lowest BCUT2D eigenvalue weighted by molar-refractivity contribution is 0.302. The van der Waals surface area contributed by atoms with Crippen molar-refractivity contribution in [3.8, 4) is 0 Å². The first kappa shape index (κ1) is 23.7. The molecule has 33 heavy (non-hydrogen) atoms. The Hall–Kier alpha value is -2.44. The van der Waals surface area contributed by atoms with E-state index in [2.05, 4.69) is 85.3 Å². The van der Waals surface area contributed by atoms with Gasteiger partial charge in [-0.1, -0.05) is 25.1 Å². The zero-order valence-electron chi connectivity index (χ0n) is 20.3. The molecular formula is C27H36N4OS. The van der Waals surface area contributed by atoms with Crippen molar-refractivity contribution in [3.05, 3.63) is 53.6 Å². The van der Waals surface area contributed by atoms with Crippen LogP contribution in [0.4, 0.5) is 17.1 Å². The van der Waals surface area contributed by atoms with Gasteiger partial charge < -0.3 is 20.2 Å². The summed E-state index contributed by atoms with van der Waals surface area (Å²) in [6.07, 6.45) is 4.37. The van der Waals surface area contributed by atoms with E-state index in [1.807, 2.05) is 0 Å². The molecule has 0 bridgehead atoms. The second-order valence-corrected chi connectivity index (χ2v) is 9.87. The van der Waals surface area contributed by atoms with Crippen molar-refractivity contribution in [3.63, 3.8) is 0 Å². The van der Waals surface area contributed by atoms with Gasteiger partial charge in [-0.05, 0) is 100.0 Å². The first-order valence-electron chi connectivity index (χ1n) is 12.1. The summed E-state index contributed by atoms with van der Waals surface area (Å²) >= 11 is 5.87. The Morgan fingerprint density at radius 1 is 1.12 bits per heavy atom. The lowest BCUT2D eigenvalue weighted by atomic mass is 9.75. The van der Waals surface area contributed by atoms with Gasteiger partial charge >= 0.3 is 0 Å². The van der Waals surface area contributed by atoms with Crippen LogP contribution in [-0.4, -0.2) is 41.3 Å². The summed E-state index contributed by atoms with van der Waals surface area (Å²) in [4.78, 5) is 9.41. The lowest BCUT2D eigenvalue weighted by Gasteiger charge is -2.44. The SMILES string of the molecule is CCN(CCO)c1ccc(N2C(=S)N=C(Nc3c(C)cccc3C)C23CCC(C)CC3)cc1. The van der Waals surface area contributed by atoms with Crippen molar-refractivity contribution < 1.29 is 5.11 Å². The molecule has 2 aromatic rings. The maximum atomic E-state index is 9.38. The molecule has 2 aromatic carbocycles. The van der Waals surface area contributed by atoms with Gasteiger partial charge in [0.2, 0.25) is 5.11 Å². The quantitative estimate of drug-likeness (QED) is 0.538. The molecule has 1 fully saturated rings. The number of aliphatic hydroxyl groups excluding tert-OH is 1. The Bertz CT molecular complexity index is 1000. The Labute approximate surface area is 203 Å². The van der Waals surface area contributed by atoms with E-state index < -0.39 is 0 Å². The van der Waals surface area contributed by atoms with E-state index in [1.165, 1.54) is 11.1 Å². The average molecular weight is 465 g/mol. The van der Waals surface area contributed by atoms with Crippen LogP contribution in [0.1, 0.15) is 50.7 Å². The fourth-order valence-electron chi connectivity index (χ4n) is 5.27. The summed E-state index contributed by atoms with van der Waals surface area (Å²) in [5.41, 5.74) is 5.53. The molecule has 4 rings (SSSR count). The van der Waals surface area contributed by atoms with E-state index in [1.54, 1.807) is 0 Å². The molecule has 176 valence electrons. The van der Waals surface area contributed by atoms with Crippen LogP contribution >= 0.6 is 12.2 Å². The van der Waals surface area contributed by atoms with Gasteiger partial charge in [0.1, 0.15) is 11.4 Å². The first-order valence-corrected chi connectivity index (χ1v) is 12.5. The fourth-order valence-corrected chi connectivity index (χ4v) is 5.65. The number of aryl methyl sites for hydroxylation is 2. The predicted molar refractivity (Wildman–Crippen MR) is 144 cm³/mol. The van der Waals surface area contributed by atoms with Gasteiger partial charge in [0.15, 0.2) is 0 Å². The van der Waals surface area contributed by atoms with Crippen molar-refractivity contribution in [2.75, 3.05) is 34.8 Å². The van der Waals surface area contributed by atoms with E-state index in [-0.39, 0.29) is 12.1 Å². The van der Waals surface area contributed by atoms with Gasteiger partial charge in [-0.15, -0.1) is 0 Å². The number of amidine groups is 1. The normalized spacial score (nSPS) is 22.6. The molecule has 1 spiro atoms. The highest BCUT2D eigenvalue weighted by Gasteiger charge is 2.50. The number of rotatable bonds is 6.